The van der Waals surface area contributed by atoms with Crippen molar-refractivity contribution < 1.29 is 63.7 Å². The molecule has 1 aromatic rings. The zero-order valence-corrected chi connectivity index (χ0v) is 17.1. The second-order valence-corrected chi connectivity index (χ2v) is 7.78. The van der Waals surface area contributed by atoms with Gasteiger partial charge in [-0.05, 0) is 12.1 Å². The summed E-state index contributed by atoms with van der Waals surface area (Å²) >= 11 is 0. The Morgan fingerprint density at radius 2 is 1.42 bits per heavy atom. The number of rotatable bonds is 13. The number of benzene rings is 1. The number of Topliss-reactive ketones (excluding diaryl/α,β-unsaturated/α-hetero) is 1. The summed E-state index contributed by atoms with van der Waals surface area (Å²) in [6.07, 6.45) is -11.4. The van der Waals surface area contributed by atoms with Crippen molar-refractivity contribution >= 4 is 13.4 Å². The third-order valence-electron chi connectivity index (χ3n) is 3.12. The molecule has 0 spiro atoms. The Morgan fingerprint density at radius 3 is 1.90 bits per heavy atom. The number of halogens is 6. The Hall–Kier alpha value is -1.86. The molecule has 0 N–H and O–H groups in total. The van der Waals surface area contributed by atoms with Gasteiger partial charge in [-0.1, -0.05) is 0 Å². The van der Waals surface area contributed by atoms with Gasteiger partial charge in [0.15, 0.2) is 32.6 Å². The van der Waals surface area contributed by atoms with Crippen LogP contribution in [0.4, 0.5) is 26.3 Å². The van der Waals surface area contributed by atoms with Crippen molar-refractivity contribution in [1.29, 1.82) is 0 Å². The molecule has 0 saturated carbocycles. The van der Waals surface area contributed by atoms with Gasteiger partial charge >= 0.3 is 19.9 Å². The van der Waals surface area contributed by atoms with Gasteiger partial charge in [-0.2, -0.15) is 26.3 Å². The lowest BCUT2D eigenvalue weighted by molar-refractivity contribution is -0.165. The van der Waals surface area contributed by atoms with Crippen LogP contribution >= 0.6 is 7.60 Å². The predicted octanol–water partition coefficient (Wildman–Crippen LogP) is 4.19. The zero-order valence-electron chi connectivity index (χ0n) is 16.2. The summed E-state index contributed by atoms with van der Waals surface area (Å²) in [5.74, 6) is -1.19. The van der Waals surface area contributed by atoms with Crippen LogP contribution < -0.4 is 9.47 Å². The Kier molecular flexibility index (Phi) is 10.2. The highest BCUT2D eigenvalue weighted by Crippen LogP contribution is 2.51. The lowest BCUT2D eigenvalue weighted by atomic mass is 10.1. The van der Waals surface area contributed by atoms with Crippen LogP contribution in [0.3, 0.4) is 0 Å². The van der Waals surface area contributed by atoms with E-state index in [1.54, 1.807) is 0 Å². The van der Waals surface area contributed by atoms with Gasteiger partial charge in [0.05, 0.1) is 5.56 Å². The van der Waals surface area contributed by atoms with Crippen LogP contribution in [0.2, 0.25) is 0 Å². The van der Waals surface area contributed by atoms with Crippen molar-refractivity contribution in [2.75, 3.05) is 47.2 Å². The fourth-order valence-corrected chi connectivity index (χ4v) is 3.39. The Bertz CT molecular complexity index is 745. The van der Waals surface area contributed by atoms with Crippen LogP contribution in [0.25, 0.3) is 0 Å². The van der Waals surface area contributed by atoms with Crippen molar-refractivity contribution in [2.24, 2.45) is 0 Å². The van der Waals surface area contributed by atoms with Crippen molar-refractivity contribution in [2.45, 2.75) is 12.4 Å². The Balaban J connectivity index is 3.12. The van der Waals surface area contributed by atoms with Crippen molar-refractivity contribution in [1.82, 2.24) is 0 Å². The molecule has 0 heterocycles. The fraction of sp³-hybridized carbons (Fsp3) is 0.562. The van der Waals surface area contributed by atoms with E-state index in [0.29, 0.717) is 0 Å². The number of hydrogen-bond acceptors (Lipinski definition) is 8. The van der Waals surface area contributed by atoms with E-state index in [2.05, 4.69) is 9.05 Å². The molecule has 1 aromatic carbocycles. The number of methoxy groups -OCH3 is 2. The minimum atomic E-state index is -5.14. The molecule has 0 fully saturated rings. The van der Waals surface area contributed by atoms with E-state index in [-0.39, 0.29) is 30.6 Å². The summed E-state index contributed by atoms with van der Waals surface area (Å²) in [6.45, 7) is -4.87. The molecule has 0 saturated heterocycles. The van der Waals surface area contributed by atoms with E-state index in [4.69, 9.17) is 18.9 Å². The van der Waals surface area contributed by atoms with Gasteiger partial charge in [-0.25, -0.2) is 0 Å². The van der Waals surface area contributed by atoms with E-state index < -0.39 is 45.1 Å². The van der Waals surface area contributed by atoms with Crippen LogP contribution in [0.1, 0.15) is 10.4 Å². The smallest absolute Gasteiger partial charge is 0.412 e. The predicted molar refractivity (Wildman–Crippen MR) is 92.3 cm³/mol. The van der Waals surface area contributed by atoms with Gasteiger partial charge in [-0.15, -0.1) is 0 Å². The molecular formula is C16H19F6O8P. The van der Waals surface area contributed by atoms with Crippen molar-refractivity contribution in [3.63, 3.8) is 0 Å². The number of hydrogen-bond donors (Lipinski definition) is 0. The molecule has 8 nitrogen and oxygen atoms in total. The molecule has 178 valence electrons. The van der Waals surface area contributed by atoms with Crippen LogP contribution in [0, 0.1) is 0 Å². The largest absolute Gasteiger partial charge is 0.467 e. The fourth-order valence-electron chi connectivity index (χ4n) is 1.92. The van der Waals surface area contributed by atoms with Gasteiger partial charge in [-0.3, -0.25) is 18.4 Å². The number of carbonyl (C=O) groups is 1. The first-order valence-corrected chi connectivity index (χ1v) is 9.94. The SMILES string of the molecule is COCOc1ccc(C(=O)CP(=O)(OCC(F)(F)F)OCC(F)(F)F)c(OCOC)c1. The molecule has 0 amide bonds. The third-order valence-corrected chi connectivity index (χ3v) is 4.84. The molecule has 15 heteroatoms. The summed E-state index contributed by atoms with van der Waals surface area (Å²) in [4.78, 5) is 12.5. The minimum absolute atomic E-state index is 0.161. The highest BCUT2D eigenvalue weighted by Gasteiger charge is 2.40. The van der Waals surface area contributed by atoms with Gasteiger partial charge in [0.2, 0.25) is 0 Å². The van der Waals surface area contributed by atoms with Gasteiger partial charge in [0.25, 0.3) is 0 Å². The maximum absolute atomic E-state index is 12.5. The topological polar surface area (TPSA) is 89.5 Å². The number of ketones is 1. The quantitative estimate of drug-likeness (QED) is 0.178. The molecule has 31 heavy (non-hydrogen) atoms. The summed E-state index contributed by atoms with van der Waals surface area (Å²) in [5.41, 5.74) is -0.326. The minimum Gasteiger partial charge on any atom is -0.467 e. The molecule has 0 aromatic heterocycles. The molecule has 0 radical (unpaired) electrons. The first-order valence-electron chi connectivity index (χ1n) is 8.21. The van der Waals surface area contributed by atoms with E-state index >= 15 is 0 Å². The van der Waals surface area contributed by atoms with Crippen LogP contribution in [0.5, 0.6) is 11.5 Å². The number of ether oxygens (including phenoxy) is 4. The molecule has 0 unspecified atom stereocenters. The summed E-state index contributed by atoms with van der Waals surface area (Å²) in [5, 5.41) is 0. The summed E-state index contributed by atoms with van der Waals surface area (Å²) in [7, 11) is -2.53. The zero-order chi connectivity index (χ0) is 23.7. The lowest BCUT2D eigenvalue weighted by Crippen LogP contribution is -2.22. The third kappa shape index (κ3) is 10.8. The number of carbonyl (C=O) groups excluding carboxylic acids is 1. The molecule has 0 bridgehead atoms. The molecular weight excluding hydrogens is 465 g/mol. The molecule has 0 atom stereocenters. The van der Waals surface area contributed by atoms with Crippen LogP contribution in [-0.4, -0.2) is 65.3 Å². The highest BCUT2D eigenvalue weighted by atomic mass is 31.2. The van der Waals surface area contributed by atoms with E-state index in [1.165, 1.54) is 26.4 Å². The average Bonchev–Trinajstić information content (AvgIpc) is 2.66. The molecule has 0 aliphatic heterocycles. The molecule has 0 aliphatic rings. The maximum Gasteiger partial charge on any atom is 0.412 e. The first kappa shape index (κ1) is 27.2. The van der Waals surface area contributed by atoms with Gasteiger partial charge < -0.3 is 18.9 Å². The summed E-state index contributed by atoms with van der Waals surface area (Å²) in [6, 6.07) is 3.56. The van der Waals surface area contributed by atoms with Crippen LogP contribution in [0.15, 0.2) is 18.2 Å². The monoisotopic (exact) mass is 484 g/mol. The first-order chi connectivity index (χ1) is 14.3. The second kappa shape index (κ2) is 11.7. The van der Waals surface area contributed by atoms with E-state index in [1.807, 2.05) is 0 Å². The van der Waals surface area contributed by atoms with Crippen molar-refractivity contribution in [3.8, 4) is 11.5 Å². The Morgan fingerprint density at radius 1 is 0.903 bits per heavy atom. The molecule has 0 aliphatic carbocycles. The van der Waals surface area contributed by atoms with E-state index in [0.717, 1.165) is 6.07 Å². The van der Waals surface area contributed by atoms with E-state index in [9.17, 15) is 35.7 Å². The lowest BCUT2D eigenvalue weighted by Gasteiger charge is -2.20. The normalized spacial score (nSPS) is 12.6. The van der Waals surface area contributed by atoms with Gasteiger partial charge in [0, 0.05) is 20.3 Å². The molecule has 1 rings (SSSR count). The van der Waals surface area contributed by atoms with Crippen molar-refractivity contribution in [3.05, 3.63) is 23.8 Å². The second-order valence-electron chi connectivity index (χ2n) is 5.73. The number of alkyl halides is 6. The average molecular weight is 484 g/mol. The van der Waals surface area contributed by atoms with Crippen LogP contribution in [-0.2, 0) is 23.1 Å². The maximum atomic E-state index is 12.5. The standard InChI is InChI=1S/C16H19F6O8P/c1-25-9-27-11-3-4-12(14(5-11)28-10-26-2)13(23)6-31(24,29-7-15(17,18)19)30-8-16(20,21)22/h3-5H,6-10H2,1-2H3. The Labute approximate surface area is 172 Å². The van der Waals surface area contributed by atoms with Gasteiger partial charge in [0.1, 0.15) is 17.7 Å². The summed E-state index contributed by atoms with van der Waals surface area (Å²) < 4.78 is 115. The highest BCUT2D eigenvalue weighted by molar-refractivity contribution is 7.55.